The third-order valence-corrected chi connectivity index (χ3v) is 3.23. The number of benzene rings is 1. The van der Waals surface area contributed by atoms with Gasteiger partial charge in [0.1, 0.15) is 0 Å². The number of nitro groups is 1. The molecule has 0 saturated carbocycles. The van der Waals surface area contributed by atoms with Gasteiger partial charge in [-0.1, -0.05) is 0 Å². The van der Waals surface area contributed by atoms with E-state index >= 15 is 0 Å². The number of non-ortho nitro benzene ring substituents is 1. The highest BCUT2D eigenvalue weighted by Crippen LogP contribution is 2.29. The Labute approximate surface area is 136 Å². The second-order valence-electron chi connectivity index (χ2n) is 6.19. The molecule has 0 aliphatic heterocycles. The molecule has 1 aromatic carbocycles. The van der Waals surface area contributed by atoms with Crippen molar-refractivity contribution in [1.29, 1.82) is 0 Å². The van der Waals surface area contributed by atoms with Crippen molar-refractivity contribution in [2.24, 2.45) is 0 Å². The number of nitro benzene ring substituents is 1. The van der Waals surface area contributed by atoms with Gasteiger partial charge in [-0.25, -0.2) is 4.79 Å². The monoisotopic (exact) mass is 335 g/mol. The summed E-state index contributed by atoms with van der Waals surface area (Å²) < 4.78 is 5.05. The fourth-order valence-corrected chi connectivity index (χ4v) is 2.29. The largest absolute Gasteiger partial charge is 0.464 e. The van der Waals surface area contributed by atoms with Crippen LogP contribution in [0.3, 0.4) is 0 Å². The van der Waals surface area contributed by atoms with Gasteiger partial charge in [0.15, 0.2) is 5.69 Å². The van der Waals surface area contributed by atoms with Gasteiger partial charge in [-0.15, -0.1) is 0 Å². The molecule has 0 bridgehead atoms. The maximum atomic E-state index is 12.6. The van der Waals surface area contributed by atoms with Crippen molar-refractivity contribution in [2.75, 3.05) is 7.11 Å². The normalized spacial score (nSPS) is 11.3. The standard InChI is InChI=1S/C15H17N3O6/c1-15(2,3)16-13(19)11-9-6-5-8(18(22)23)7-10(9)17(21)12(11)14(20)24-4/h5-7,21H,1-4H3,(H,16,19). The maximum absolute atomic E-state index is 12.6. The minimum absolute atomic E-state index is 0.0383. The number of fused-ring (bicyclic) bond motifs is 1. The molecule has 0 aliphatic rings. The summed E-state index contributed by atoms with van der Waals surface area (Å²) in [6.07, 6.45) is 0. The van der Waals surface area contributed by atoms with Gasteiger partial charge in [0.05, 0.1) is 23.1 Å². The highest BCUT2D eigenvalue weighted by atomic mass is 16.6. The molecule has 128 valence electrons. The van der Waals surface area contributed by atoms with Crippen LogP contribution in [0.4, 0.5) is 5.69 Å². The van der Waals surface area contributed by atoms with Gasteiger partial charge in [-0.2, -0.15) is 4.73 Å². The predicted molar refractivity (Wildman–Crippen MR) is 84.3 cm³/mol. The van der Waals surface area contributed by atoms with E-state index in [0.29, 0.717) is 4.73 Å². The molecule has 2 N–H and O–H groups in total. The summed E-state index contributed by atoms with van der Waals surface area (Å²) in [5.41, 5.74) is -1.41. The zero-order valence-electron chi connectivity index (χ0n) is 13.6. The van der Waals surface area contributed by atoms with Gasteiger partial charge < -0.3 is 15.3 Å². The SMILES string of the molecule is COC(=O)c1c(C(=O)NC(C)(C)C)c2ccc([N+](=O)[O-])cc2n1O. The number of hydrogen-bond donors (Lipinski definition) is 2. The number of hydrogen-bond acceptors (Lipinski definition) is 6. The van der Waals surface area contributed by atoms with Gasteiger partial charge >= 0.3 is 5.97 Å². The van der Waals surface area contributed by atoms with Gasteiger partial charge in [-0.05, 0) is 26.8 Å². The van der Waals surface area contributed by atoms with Crippen LogP contribution in [0.2, 0.25) is 0 Å². The second-order valence-corrected chi connectivity index (χ2v) is 6.19. The van der Waals surface area contributed by atoms with Gasteiger partial charge in [0, 0.05) is 23.1 Å². The van der Waals surface area contributed by atoms with Crippen molar-refractivity contribution in [2.45, 2.75) is 26.3 Å². The molecule has 0 unspecified atom stereocenters. The van der Waals surface area contributed by atoms with Gasteiger partial charge in [0.2, 0.25) is 0 Å². The van der Waals surface area contributed by atoms with Crippen LogP contribution in [0.1, 0.15) is 41.6 Å². The number of rotatable bonds is 3. The number of esters is 1. The van der Waals surface area contributed by atoms with E-state index in [4.69, 9.17) is 0 Å². The first kappa shape index (κ1) is 17.3. The molecule has 9 heteroatoms. The van der Waals surface area contributed by atoms with Crippen LogP contribution in [0.15, 0.2) is 18.2 Å². The number of nitrogens with zero attached hydrogens (tertiary/aromatic N) is 2. The number of carbonyl (C=O) groups is 2. The number of amides is 1. The Bertz CT molecular complexity index is 847. The molecular formula is C15H17N3O6. The predicted octanol–water partition coefficient (Wildman–Crippen LogP) is 2.10. The average molecular weight is 335 g/mol. The zero-order valence-corrected chi connectivity index (χ0v) is 13.6. The molecule has 1 heterocycles. The molecule has 2 aromatic rings. The Hall–Kier alpha value is -3.10. The lowest BCUT2D eigenvalue weighted by molar-refractivity contribution is -0.384. The Balaban J connectivity index is 2.77. The van der Waals surface area contributed by atoms with Crippen LogP contribution in [0.5, 0.6) is 0 Å². The van der Waals surface area contributed by atoms with E-state index in [1.54, 1.807) is 20.8 Å². The van der Waals surface area contributed by atoms with Crippen molar-refractivity contribution in [1.82, 2.24) is 10.0 Å². The number of methoxy groups -OCH3 is 1. The first-order valence-electron chi connectivity index (χ1n) is 6.99. The van der Waals surface area contributed by atoms with Crippen molar-refractivity contribution < 1.29 is 24.5 Å². The minimum Gasteiger partial charge on any atom is -0.464 e. The molecule has 9 nitrogen and oxygen atoms in total. The fourth-order valence-electron chi connectivity index (χ4n) is 2.29. The van der Waals surface area contributed by atoms with Crippen LogP contribution in [0, 0.1) is 10.1 Å². The van der Waals surface area contributed by atoms with Crippen molar-refractivity contribution in [3.8, 4) is 0 Å². The Morgan fingerprint density at radius 2 is 1.96 bits per heavy atom. The highest BCUT2D eigenvalue weighted by Gasteiger charge is 2.30. The first-order chi connectivity index (χ1) is 11.1. The van der Waals surface area contributed by atoms with Crippen molar-refractivity contribution >= 4 is 28.5 Å². The van der Waals surface area contributed by atoms with E-state index in [-0.39, 0.29) is 22.2 Å². The molecule has 2 rings (SSSR count). The Kier molecular flexibility index (Phi) is 4.20. The molecule has 24 heavy (non-hydrogen) atoms. The summed E-state index contributed by atoms with van der Waals surface area (Å²) >= 11 is 0. The second kappa shape index (κ2) is 5.84. The summed E-state index contributed by atoms with van der Waals surface area (Å²) in [7, 11) is 1.11. The summed E-state index contributed by atoms with van der Waals surface area (Å²) in [6, 6.07) is 3.58. The first-order valence-corrected chi connectivity index (χ1v) is 6.99. The Morgan fingerprint density at radius 3 is 2.46 bits per heavy atom. The lowest BCUT2D eigenvalue weighted by atomic mass is 10.1. The molecule has 1 aromatic heterocycles. The van der Waals surface area contributed by atoms with Crippen LogP contribution in [-0.4, -0.2) is 39.4 Å². The van der Waals surface area contributed by atoms with E-state index in [2.05, 4.69) is 10.1 Å². The lowest BCUT2D eigenvalue weighted by Gasteiger charge is -2.20. The van der Waals surface area contributed by atoms with Gasteiger partial charge in [0.25, 0.3) is 11.6 Å². The smallest absolute Gasteiger partial charge is 0.359 e. The van der Waals surface area contributed by atoms with Crippen LogP contribution >= 0.6 is 0 Å². The molecule has 0 spiro atoms. The zero-order chi connectivity index (χ0) is 18.2. The van der Waals surface area contributed by atoms with Gasteiger partial charge in [-0.3, -0.25) is 14.9 Å². The molecule has 1 amide bonds. The highest BCUT2D eigenvalue weighted by molar-refractivity contribution is 6.15. The molecule has 0 aliphatic carbocycles. The maximum Gasteiger partial charge on any atom is 0.359 e. The third kappa shape index (κ3) is 3.00. The minimum atomic E-state index is -0.935. The number of nitrogens with one attached hydrogen (secondary N) is 1. The number of aromatic nitrogens is 1. The summed E-state index contributed by atoms with van der Waals surface area (Å²) in [5.74, 6) is -1.54. The van der Waals surface area contributed by atoms with Crippen molar-refractivity contribution in [3.63, 3.8) is 0 Å². The van der Waals surface area contributed by atoms with Crippen LogP contribution in [-0.2, 0) is 4.74 Å². The summed E-state index contributed by atoms with van der Waals surface area (Å²) in [6.45, 7) is 5.27. The molecule has 0 saturated heterocycles. The third-order valence-electron chi connectivity index (χ3n) is 3.23. The molecule has 0 radical (unpaired) electrons. The summed E-state index contributed by atoms with van der Waals surface area (Å²) in [5, 5.41) is 24.0. The van der Waals surface area contributed by atoms with E-state index < -0.39 is 28.0 Å². The quantitative estimate of drug-likeness (QED) is 0.383. The fraction of sp³-hybridized carbons (Fsp3) is 0.333. The average Bonchev–Trinajstić information content (AvgIpc) is 2.77. The van der Waals surface area contributed by atoms with E-state index in [9.17, 15) is 24.9 Å². The molecule has 0 atom stereocenters. The van der Waals surface area contributed by atoms with E-state index in [1.807, 2.05) is 0 Å². The number of ether oxygens (including phenoxy) is 1. The van der Waals surface area contributed by atoms with Crippen LogP contribution < -0.4 is 5.32 Å². The topological polar surface area (TPSA) is 124 Å². The van der Waals surface area contributed by atoms with E-state index in [0.717, 1.165) is 13.2 Å². The van der Waals surface area contributed by atoms with E-state index in [1.165, 1.54) is 12.1 Å². The Morgan fingerprint density at radius 1 is 1.33 bits per heavy atom. The number of carbonyl (C=O) groups excluding carboxylic acids is 2. The molecule has 0 fully saturated rings. The molecular weight excluding hydrogens is 318 g/mol. The van der Waals surface area contributed by atoms with Crippen molar-refractivity contribution in [3.05, 3.63) is 39.6 Å². The van der Waals surface area contributed by atoms with Crippen LogP contribution in [0.25, 0.3) is 10.9 Å². The lowest BCUT2D eigenvalue weighted by Crippen LogP contribution is -2.41. The summed E-state index contributed by atoms with van der Waals surface area (Å²) in [4.78, 5) is 34.8.